The summed E-state index contributed by atoms with van der Waals surface area (Å²) in [5.74, 6) is -1.57. The highest BCUT2D eigenvalue weighted by atomic mass is 35.5. The summed E-state index contributed by atoms with van der Waals surface area (Å²) in [6, 6.07) is 7.09. The maximum atomic E-state index is 13.6. The molecule has 1 aromatic carbocycles. The number of carbonyl (C=O) groups excluding carboxylic acids is 3. The van der Waals surface area contributed by atoms with Crippen molar-refractivity contribution < 1.29 is 23.9 Å². The van der Waals surface area contributed by atoms with Gasteiger partial charge in [-0.05, 0) is 42.7 Å². The zero-order valence-electron chi connectivity index (χ0n) is 18.7. The molecule has 0 unspecified atom stereocenters. The number of benzene rings is 1. The molecule has 0 bridgehead atoms. The standard InChI is InChI=1S/C24H28ClNO5S/c1-5-32-10-9-31-24(29)19-14(3)26-17-11-13(2)18(23(28)30-4)22(27)21(17)20(19)15-7-6-8-16(25)12-15/h6-8,12-13,18,20,26H,5,9-11H2,1-4H3/t13-,18+,20-/m0/s1. The number of hydrogen-bond acceptors (Lipinski definition) is 7. The van der Waals surface area contributed by atoms with Gasteiger partial charge < -0.3 is 14.8 Å². The van der Waals surface area contributed by atoms with Gasteiger partial charge in [0.25, 0.3) is 0 Å². The second-order valence-corrected chi connectivity index (χ2v) is 9.75. The molecule has 1 aromatic rings. The van der Waals surface area contributed by atoms with Crippen molar-refractivity contribution in [1.29, 1.82) is 0 Å². The molecule has 0 fully saturated rings. The molecule has 1 aliphatic heterocycles. The van der Waals surface area contributed by atoms with Crippen molar-refractivity contribution in [3.8, 4) is 0 Å². The fraction of sp³-hybridized carbons (Fsp3) is 0.458. The van der Waals surface area contributed by atoms with Crippen LogP contribution in [0.3, 0.4) is 0 Å². The topological polar surface area (TPSA) is 81.7 Å². The first-order chi connectivity index (χ1) is 15.3. The van der Waals surface area contributed by atoms with Crippen LogP contribution in [0.2, 0.25) is 5.02 Å². The van der Waals surface area contributed by atoms with Crippen LogP contribution in [0.1, 0.15) is 38.7 Å². The van der Waals surface area contributed by atoms with Gasteiger partial charge in [0.2, 0.25) is 0 Å². The molecule has 0 saturated heterocycles. The maximum Gasteiger partial charge on any atom is 0.336 e. The van der Waals surface area contributed by atoms with E-state index in [4.69, 9.17) is 21.1 Å². The predicted molar refractivity (Wildman–Crippen MR) is 125 cm³/mol. The third kappa shape index (κ3) is 4.89. The normalized spacial score (nSPS) is 22.9. The first-order valence-corrected chi connectivity index (χ1v) is 12.2. The Bertz CT molecular complexity index is 986. The van der Waals surface area contributed by atoms with Gasteiger partial charge in [0.05, 0.1) is 12.7 Å². The zero-order valence-corrected chi connectivity index (χ0v) is 20.3. The van der Waals surface area contributed by atoms with Gasteiger partial charge in [-0.25, -0.2) is 4.79 Å². The summed E-state index contributed by atoms with van der Waals surface area (Å²) in [7, 11) is 1.28. The number of thioether (sulfide) groups is 1. The fourth-order valence-corrected chi connectivity index (χ4v) is 5.07. The van der Waals surface area contributed by atoms with Crippen LogP contribution >= 0.6 is 23.4 Å². The number of nitrogens with one attached hydrogen (secondary N) is 1. The Kier molecular flexibility index (Phi) is 8.06. The Labute approximate surface area is 197 Å². The van der Waals surface area contributed by atoms with Gasteiger partial charge in [0.1, 0.15) is 12.5 Å². The Hall–Kier alpha value is -2.25. The van der Waals surface area contributed by atoms with Crippen LogP contribution in [0, 0.1) is 11.8 Å². The van der Waals surface area contributed by atoms with Crippen LogP contribution in [0.25, 0.3) is 0 Å². The number of carbonyl (C=O) groups is 3. The van der Waals surface area contributed by atoms with E-state index < -0.39 is 23.8 Å². The minimum atomic E-state index is -0.918. The van der Waals surface area contributed by atoms with Crippen LogP contribution < -0.4 is 5.32 Å². The number of dihydropyridines is 1. The number of allylic oxidation sites excluding steroid dienone is 3. The van der Waals surface area contributed by atoms with Gasteiger partial charge in [-0.1, -0.05) is 37.6 Å². The lowest BCUT2D eigenvalue weighted by molar-refractivity contribution is -0.151. The quantitative estimate of drug-likeness (QED) is 0.357. The summed E-state index contributed by atoms with van der Waals surface area (Å²) in [6.45, 7) is 5.98. The van der Waals surface area contributed by atoms with Crippen LogP contribution in [-0.2, 0) is 23.9 Å². The van der Waals surface area contributed by atoms with Gasteiger partial charge >= 0.3 is 11.9 Å². The third-order valence-corrected chi connectivity index (χ3v) is 6.91. The second-order valence-electron chi connectivity index (χ2n) is 7.92. The number of esters is 2. The highest BCUT2D eigenvalue weighted by Gasteiger charge is 2.47. The SMILES string of the molecule is CCSCCOC(=O)C1=C(C)NC2=C(C(=O)[C@H](C(=O)OC)[C@@H](C)C2)[C@H]1c1cccc(Cl)c1. The van der Waals surface area contributed by atoms with Gasteiger partial charge in [0.15, 0.2) is 5.78 Å². The van der Waals surface area contributed by atoms with Crippen molar-refractivity contribution >= 4 is 41.1 Å². The highest BCUT2D eigenvalue weighted by molar-refractivity contribution is 7.99. The number of methoxy groups -OCH3 is 1. The molecular weight excluding hydrogens is 450 g/mol. The van der Waals surface area contributed by atoms with Crippen LogP contribution in [0.5, 0.6) is 0 Å². The first-order valence-electron chi connectivity index (χ1n) is 10.6. The van der Waals surface area contributed by atoms with Crippen molar-refractivity contribution in [3.05, 3.63) is 57.4 Å². The van der Waals surface area contributed by atoms with Crippen LogP contribution in [-0.4, -0.2) is 42.9 Å². The molecule has 32 heavy (non-hydrogen) atoms. The van der Waals surface area contributed by atoms with Crippen molar-refractivity contribution in [2.24, 2.45) is 11.8 Å². The van der Waals surface area contributed by atoms with E-state index in [2.05, 4.69) is 5.32 Å². The molecule has 0 saturated carbocycles. The molecule has 2 aliphatic rings. The van der Waals surface area contributed by atoms with Crippen molar-refractivity contribution in [2.45, 2.75) is 33.1 Å². The average Bonchev–Trinajstić information content (AvgIpc) is 2.75. The second kappa shape index (κ2) is 10.6. The lowest BCUT2D eigenvalue weighted by Gasteiger charge is -2.38. The lowest BCUT2D eigenvalue weighted by atomic mass is 9.69. The van der Waals surface area contributed by atoms with Gasteiger partial charge in [-0.3, -0.25) is 9.59 Å². The minimum absolute atomic E-state index is 0.228. The van der Waals surface area contributed by atoms with E-state index in [1.54, 1.807) is 36.9 Å². The van der Waals surface area contributed by atoms with Crippen molar-refractivity contribution in [3.63, 3.8) is 0 Å². The fourth-order valence-electron chi connectivity index (χ4n) is 4.39. The van der Waals surface area contributed by atoms with E-state index in [0.29, 0.717) is 39.6 Å². The summed E-state index contributed by atoms with van der Waals surface area (Å²) in [6.07, 6.45) is 0.491. The molecule has 172 valence electrons. The first kappa shape index (κ1) is 24.4. The number of Topliss-reactive ketones (excluding diaryl/α,β-unsaturated/α-hetero) is 1. The number of rotatable bonds is 7. The molecule has 1 N–H and O–H groups in total. The molecule has 1 heterocycles. The van der Waals surface area contributed by atoms with E-state index in [0.717, 1.165) is 11.4 Å². The average molecular weight is 478 g/mol. The van der Waals surface area contributed by atoms with Crippen LogP contribution in [0.4, 0.5) is 0 Å². The van der Waals surface area contributed by atoms with E-state index in [1.807, 2.05) is 19.9 Å². The monoisotopic (exact) mass is 477 g/mol. The molecule has 3 atom stereocenters. The summed E-state index contributed by atoms with van der Waals surface area (Å²) >= 11 is 7.94. The Morgan fingerprint density at radius 2 is 2.06 bits per heavy atom. The molecule has 0 aromatic heterocycles. The molecule has 0 spiro atoms. The lowest BCUT2D eigenvalue weighted by Crippen LogP contribution is -2.43. The molecule has 0 amide bonds. The Morgan fingerprint density at radius 1 is 1.31 bits per heavy atom. The summed E-state index contributed by atoms with van der Waals surface area (Å²) in [5, 5.41) is 3.75. The van der Waals surface area contributed by atoms with Gasteiger partial charge in [-0.15, -0.1) is 0 Å². The predicted octanol–water partition coefficient (Wildman–Crippen LogP) is 4.25. The van der Waals surface area contributed by atoms with E-state index in [1.165, 1.54) is 7.11 Å². The molecule has 1 aliphatic carbocycles. The van der Waals surface area contributed by atoms with Crippen molar-refractivity contribution in [2.75, 3.05) is 25.2 Å². The zero-order chi connectivity index (χ0) is 23.4. The highest BCUT2D eigenvalue weighted by Crippen LogP contribution is 2.45. The number of hydrogen-bond donors (Lipinski definition) is 1. The molecule has 0 radical (unpaired) electrons. The van der Waals surface area contributed by atoms with Crippen LogP contribution in [0.15, 0.2) is 46.8 Å². The number of ether oxygens (including phenoxy) is 2. The van der Waals surface area contributed by atoms with Gasteiger partial charge in [-0.2, -0.15) is 11.8 Å². The number of ketones is 1. The van der Waals surface area contributed by atoms with E-state index in [-0.39, 0.29) is 18.3 Å². The minimum Gasteiger partial charge on any atom is -0.468 e. The molecular formula is C24H28ClNO5S. The summed E-state index contributed by atoms with van der Waals surface area (Å²) in [4.78, 5) is 39.2. The summed E-state index contributed by atoms with van der Waals surface area (Å²) < 4.78 is 10.5. The Morgan fingerprint density at radius 3 is 2.72 bits per heavy atom. The molecule has 8 heteroatoms. The number of halogens is 1. The molecule has 3 rings (SSSR count). The largest absolute Gasteiger partial charge is 0.468 e. The van der Waals surface area contributed by atoms with E-state index in [9.17, 15) is 14.4 Å². The smallest absolute Gasteiger partial charge is 0.336 e. The third-order valence-electron chi connectivity index (χ3n) is 5.81. The molecule has 6 nitrogen and oxygen atoms in total. The van der Waals surface area contributed by atoms with E-state index >= 15 is 0 Å². The van der Waals surface area contributed by atoms with Gasteiger partial charge in [0, 0.05) is 33.7 Å². The van der Waals surface area contributed by atoms with Crippen molar-refractivity contribution in [1.82, 2.24) is 5.32 Å². The maximum absolute atomic E-state index is 13.6. The Balaban J connectivity index is 2.07. The summed E-state index contributed by atoms with van der Waals surface area (Å²) in [5.41, 5.74) is 2.83.